The average molecular weight is 348 g/mol. The number of carbonyl (C=O) groups excluding carboxylic acids is 1. The minimum Gasteiger partial charge on any atom is -0.495 e. The maximum absolute atomic E-state index is 12.7. The molecule has 1 fully saturated rings. The number of para-hydroxylation sites is 2. The first-order chi connectivity index (χ1) is 12.7. The summed E-state index contributed by atoms with van der Waals surface area (Å²) in [5, 5.41) is 0. The van der Waals surface area contributed by atoms with Gasteiger partial charge in [0, 0.05) is 37.4 Å². The minimum absolute atomic E-state index is 0.0808. The summed E-state index contributed by atoms with van der Waals surface area (Å²) in [7, 11) is 1.71. The van der Waals surface area contributed by atoms with Crippen LogP contribution in [0.1, 0.15) is 22.8 Å². The summed E-state index contributed by atoms with van der Waals surface area (Å²) in [6.07, 6.45) is 2.19. The third-order valence-corrected chi connectivity index (χ3v) is 5.44. The summed E-state index contributed by atoms with van der Waals surface area (Å²) >= 11 is 0. The van der Waals surface area contributed by atoms with Gasteiger partial charge < -0.3 is 14.5 Å². The standard InChI is InChI=1S/C22H24N2O2/c1-16-20(15-17-7-3-4-8-18(17)22(16)25)24-13-11-23(12-14-24)19-9-5-6-10-21(19)26-2/h3-10,15-16H,11-14H2,1-2H3. The van der Waals surface area contributed by atoms with Gasteiger partial charge in [-0.3, -0.25) is 4.79 Å². The largest absolute Gasteiger partial charge is 0.495 e. The molecule has 134 valence electrons. The highest BCUT2D eigenvalue weighted by Crippen LogP contribution is 2.33. The first kappa shape index (κ1) is 16.7. The smallest absolute Gasteiger partial charge is 0.172 e. The minimum atomic E-state index is -0.0808. The molecular formula is C22H24N2O2. The number of anilines is 1. The molecule has 26 heavy (non-hydrogen) atoms. The van der Waals surface area contributed by atoms with E-state index in [0.29, 0.717) is 0 Å². The fourth-order valence-corrected chi connectivity index (χ4v) is 3.96. The van der Waals surface area contributed by atoms with Gasteiger partial charge in [0.05, 0.1) is 18.7 Å². The van der Waals surface area contributed by atoms with Gasteiger partial charge in [0.25, 0.3) is 0 Å². The van der Waals surface area contributed by atoms with Crippen LogP contribution in [0.2, 0.25) is 0 Å². The molecule has 4 nitrogen and oxygen atoms in total. The predicted octanol–water partition coefficient (Wildman–Crippen LogP) is 3.69. The lowest BCUT2D eigenvalue weighted by Crippen LogP contribution is -2.47. The molecule has 1 heterocycles. The number of Topliss-reactive ketones (excluding diaryl/α,β-unsaturated/α-hetero) is 1. The van der Waals surface area contributed by atoms with Crippen molar-refractivity contribution >= 4 is 17.5 Å². The molecule has 0 spiro atoms. The second kappa shape index (κ2) is 6.87. The molecule has 2 aromatic carbocycles. The van der Waals surface area contributed by atoms with Gasteiger partial charge in [-0.05, 0) is 30.7 Å². The Balaban J connectivity index is 1.53. The Morgan fingerprint density at radius 2 is 1.58 bits per heavy atom. The molecule has 0 aromatic heterocycles. The Morgan fingerprint density at radius 3 is 2.35 bits per heavy atom. The lowest BCUT2D eigenvalue weighted by molar-refractivity contribution is 0.0926. The highest BCUT2D eigenvalue weighted by atomic mass is 16.5. The molecule has 0 amide bonds. The van der Waals surface area contributed by atoms with E-state index in [4.69, 9.17) is 4.74 Å². The molecule has 0 N–H and O–H groups in total. The van der Waals surface area contributed by atoms with E-state index in [9.17, 15) is 4.79 Å². The van der Waals surface area contributed by atoms with Crippen molar-refractivity contribution in [1.29, 1.82) is 0 Å². The first-order valence-electron chi connectivity index (χ1n) is 9.17. The lowest BCUT2D eigenvalue weighted by atomic mass is 9.86. The van der Waals surface area contributed by atoms with Crippen LogP contribution in [0.3, 0.4) is 0 Å². The Hall–Kier alpha value is -2.75. The fourth-order valence-electron chi connectivity index (χ4n) is 3.96. The summed E-state index contributed by atoms with van der Waals surface area (Å²) in [5.41, 5.74) is 4.17. The Morgan fingerprint density at radius 1 is 0.923 bits per heavy atom. The number of piperazine rings is 1. The Bertz CT molecular complexity index is 851. The van der Waals surface area contributed by atoms with Gasteiger partial charge in [0.15, 0.2) is 5.78 Å². The number of hydrogen-bond donors (Lipinski definition) is 0. The van der Waals surface area contributed by atoms with E-state index in [1.165, 1.54) is 0 Å². The molecular weight excluding hydrogens is 324 g/mol. The lowest BCUT2D eigenvalue weighted by Gasteiger charge is -2.41. The van der Waals surface area contributed by atoms with Gasteiger partial charge >= 0.3 is 0 Å². The summed E-state index contributed by atoms with van der Waals surface area (Å²) in [6.45, 7) is 5.67. The van der Waals surface area contributed by atoms with Crippen LogP contribution in [-0.4, -0.2) is 44.0 Å². The molecule has 1 unspecified atom stereocenters. The number of rotatable bonds is 3. The molecule has 1 atom stereocenters. The van der Waals surface area contributed by atoms with Crippen molar-refractivity contribution in [2.45, 2.75) is 6.92 Å². The second-order valence-electron chi connectivity index (χ2n) is 6.89. The molecule has 4 rings (SSSR count). The highest BCUT2D eigenvalue weighted by Gasteiger charge is 2.31. The number of ketones is 1. The van der Waals surface area contributed by atoms with Crippen LogP contribution < -0.4 is 9.64 Å². The SMILES string of the molecule is COc1ccccc1N1CCN(C2=Cc3ccccc3C(=O)C2C)CC1. The zero-order chi connectivity index (χ0) is 18.1. The van der Waals surface area contributed by atoms with Crippen molar-refractivity contribution in [3.63, 3.8) is 0 Å². The summed E-state index contributed by atoms with van der Waals surface area (Å²) in [5.74, 6) is 1.06. The fraction of sp³-hybridized carbons (Fsp3) is 0.318. The number of benzene rings is 2. The van der Waals surface area contributed by atoms with Crippen molar-refractivity contribution in [3.05, 3.63) is 65.4 Å². The van der Waals surface area contributed by atoms with E-state index in [2.05, 4.69) is 21.9 Å². The quantitative estimate of drug-likeness (QED) is 0.847. The number of carbonyl (C=O) groups is 1. The molecule has 1 aliphatic heterocycles. The van der Waals surface area contributed by atoms with Crippen molar-refractivity contribution in [2.75, 3.05) is 38.2 Å². The molecule has 0 saturated carbocycles. The molecule has 0 bridgehead atoms. The van der Waals surface area contributed by atoms with Gasteiger partial charge in [-0.2, -0.15) is 0 Å². The monoisotopic (exact) mass is 348 g/mol. The van der Waals surface area contributed by atoms with Crippen LogP contribution in [0.15, 0.2) is 54.2 Å². The number of allylic oxidation sites excluding steroid dienone is 1. The second-order valence-corrected chi connectivity index (χ2v) is 6.89. The number of hydrogen-bond acceptors (Lipinski definition) is 4. The van der Waals surface area contributed by atoms with Crippen LogP contribution >= 0.6 is 0 Å². The maximum atomic E-state index is 12.7. The highest BCUT2D eigenvalue weighted by molar-refractivity contribution is 6.05. The maximum Gasteiger partial charge on any atom is 0.172 e. The van der Waals surface area contributed by atoms with E-state index in [1.54, 1.807) is 7.11 Å². The topological polar surface area (TPSA) is 32.8 Å². The number of fused-ring (bicyclic) bond motifs is 1. The predicted molar refractivity (Wildman–Crippen MR) is 105 cm³/mol. The van der Waals surface area contributed by atoms with Gasteiger partial charge in [-0.25, -0.2) is 0 Å². The van der Waals surface area contributed by atoms with Gasteiger partial charge in [0.1, 0.15) is 5.75 Å². The average Bonchev–Trinajstić information content (AvgIpc) is 2.71. The van der Waals surface area contributed by atoms with Crippen molar-refractivity contribution < 1.29 is 9.53 Å². The van der Waals surface area contributed by atoms with Crippen molar-refractivity contribution in [1.82, 2.24) is 4.90 Å². The molecule has 2 aliphatic rings. The van der Waals surface area contributed by atoms with E-state index >= 15 is 0 Å². The van der Waals surface area contributed by atoms with Crippen LogP contribution in [0.25, 0.3) is 6.08 Å². The van der Waals surface area contributed by atoms with Crippen LogP contribution in [0.5, 0.6) is 5.75 Å². The Labute approximate surface area is 154 Å². The van der Waals surface area contributed by atoms with Gasteiger partial charge in [-0.15, -0.1) is 0 Å². The summed E-state index contributed by atoms with van der Waals surface area (Å²) < 4.78 is 5.50. The first-order valence-corrected chi connectivity index (χ1v) is 9.17. The van der Waals surface area contributed by atoms with Crippen LogP contribution in [0, 0.1) is 5.92 Å². The molecule has 1 aliphatic carbocycles. The van der Waals surface area contributed by atoms with E-state index in [1.807, 2.05) is 49.4 Å². The summed E-state index contributed by atoms with van der Waals surface area (Å²) in [6, 6.07) is 16.1. The normalized spacial score (nSPS) is 19.8. The van der Waals surface area contributed by atoms with Crippen LogP contribution in [0.4, 0.5) is 5.69 Å². The third-order valence-electron chi connectivity index (χ3n) is 5.44. The number of methoxy groups -OCH3 is 1. The number of nitrogens with zero attached hydrogens (tertiary/aromatic N) is 2. The summed E-state index contributed by atoms with van der Waals surface area (Å²) in [4.78, 5) is 17.5. The molecule has 4 heteroatoms. The van der Waals surface area contributed by atoms with Gasteiger partial charge in [-0.1, -0.05) is 36.4 Å². The molecule has 1 saturated heterocycles. The third kappa shape index (κ3) is 2.85. The molecule has 0 radical (unpaired) electrons. The van der Waals surface area contributed by atoms with Crippen molar-refractivity contribution in [3.8, 4) is 5.75 Å². The number of ether oxygens (including phenoxy) is 1. The van der Waals surface area contributed by atoms with Crippen LogP contribution in [-0.2, 0) is 0 Å². The van der Waals surface area contributed by atoms with E-state index in [0.717, 1.165) is 54.4 Å². The van der Waals surface area contributed by atoms with Crippen molar-refractivity contribution in [2.24, 2.45) is 5.92 Å². The van der Waals surface area contributed by atoms with Gasteiger partial charge in [0.2, 0.25) is 0 Å². The zero-order valence-corrected chi connectivity index (χ0v) is 15.3. The zero-order valence-electron chi connectivity index (χ0n) is 15.3. The van der Waals surface area contributed by atoms with E-state index < -0.39 is 0 Å². The molecule has 2 aromatic rings. The Kier molecular flexibility index (Phi) is 4.41. The van der Waals surface area contributed by atoms with E-state index in [-0.39, 0.29) is 11.7 Å².